The van der Waals surface area contributed by atoms with E-state index in [0.717, 1.165) is 25.7 Å². The molecular formula is C16H23F3N4O. The normalized spacial score (nSPS) is 21.3. The van der Waals surface area contributed by atoms with Gasteiger partial charge in [-0.1, -0.05) is 19.3 Å². The van der Waals surface area contributed by atoms with E-state index in [-0.39, 0.29) is 24.1 Å². The number of nitrogens with one attached hydrogen (secondary N) is 2. The van der Waals surface area contributed by atoms with Crippen molar-refractivity contribution in [3.8, 4) is 0 Å². The maximum Gasteiger partial charge on any atom is 0.435 e. The summed E-state index contributed by atoms with van der Waals surface area (Å²) >= 11 is 0. The first-order chi connectivity index (χ1) is 11.4. The second-order valence-electron chi connectivity index (χ2n) is 6.77. The molecule has 2 aliphatic rings. The van der Waals surface area contributed by atoms with Crippen molar-refractivity contribution >= 4 is 5.91 Å². The van der Waals surface area contributed by atoms with Crippen molar-refractivity contribution in [2.75, 3.05) is 6.54 Å². The van der Waals surface area contributed by atoms with E-state index in [2.05, 4.69) is 15.5 Å². The van der Waals surface area contributed by atoms with Gasteiger partial charge in [-0.3, -0.25) is 14.8 Å². The molecule has 1 amide bonds. The van der Waals surface area contributed by atoms with Crippen LogP contribution in [0.4, 0.5) is 13.2 Å². The average molecular weight is 344 g/mol. The van der Waals surface area contributed by atoms with E-state index in [1.54, 1.807) is 11.8 Å². The van der Waals surface area contributed by atoms with Crippen LogP contribution in [0.2, 0.25) is 0 Å². The van der Waals surface area contributed by atoms with Crippen LogP contribution in [0.15, 0.2) is 0 Å². The van der Waals surface area contributed by atoms with Crippen molar-refractivity contribution in [1.82, 2.24) is 20.4 Å². The molecule has 24 heavy (non-hydrogen) atoms. The standard InChI is InChI=1S/C16H23F3N4O/c1-10(15(24)20-11-5-3-2-4-6-11)23-8-7-13-12(9-23)14(22-21-13)16(17,18)19/h10-11H,2-9H2,1H3,(H,20,24)(H,21,22)/t10-/m0/s1. The number of hydrogen-bond acceptors (Lipinski definition) is 3. The fourth-order valence-corrected chi connectivity index (χ4v) is 3.62. The number of rotatable bonds is 3. The van der Waals surface area contributed by atoms with Crippen LogP contribution in [0.5, 0.6) is 0 Å². The van der Waals surface area contributed by atoms with Gasteiger partial charge < -0.3 is 5.32 Å². The fraction of sp³-hybridized carbons (Fsp3) is 0.750. The van der Waals surface area contributed by atoms with Crippen LogP contribution in [-0.2, 0) is 23.9 Å². The van der Waals surface area contributed by atoms with E-state index >= 15 is 0 Å². The summed E-state index contributed by atoms with van der Waals surface area (Å²) in [5, 5.41) is 8.97. The Hall–Kier alpha value is -1.57. The molecule has 1 saturated carbocycles. The molecule has 1 atom stereocenters. The quantitative estimate of drug-likeness (QED) is 0.886. The van der Waals surface area contributed by atoms with Gasteiger partial charge in [0.25, 0.3) is 0 Å². The lowest BCUT2D eigenvalue weighted by Gasteiger charge is -2.33. The van der Waals surface area contributed by atoms with Crippen molar-refractivity contribution in [1.29, 1.82) is 0 Å². The number of amides is 1. The maximum absolute atomic E-state index is 13.0. The first-order valence-corrected chi connectivity index (χ1v) is 8.54. The highest BCUT2D eigenvalue weighted by molar-refractivity contribution is 5.81. The van der Waals surface area contributed by atoms with Crippen LogP contribution in [0.3, 0.4) is 0 Å². The first kappa shape index (κ1) is 17.3. The minimum Gasteiger partial charge on any atom is -0.352 e. The number of alkyl halides is 3. The zero-order valence-corrected chi connectivity index (χ0v) is 13.7. The molecule has 2 N–H and O–H groups in total. The molecule has 0 spiro atoms. The van der Waals surface area contributed by atoms with Gasteiger partial charge in [0.15, 0.2) is 5.69 Å². The summed E-state index contributed by atoms with van der Waals surface area (Å²) < 4.78 is 39.1. The zero-order chi connectivity index (χ0) is 17.3. The molecule has 5 nitrogen and oxygen atoms in total. The minimum atomic E-state index is -4.47. The maximum atomic E-state index is 13.0. The molecule has 2 heterocycles. The van der Waals surface area contributed by atoms with Crippen molar-refractivity contribution < 1.29 is 18.0 Å². The lowest BCUT2D eigenvalue weighted by atomic mass is 9.95. The second kappa shape index (κ2) is 6.74. The van der Waals surface area contributed by atoms with E-state index in [9.17, 15) is 18.0 Å². The summed E-state index contributed by atoms with van der Waals surface area (Å²) in [6, 6.07) is -0.246. The third-order valence-corrected chi connectivity index (χ3v) is 5.11. The van der Waals surface area contributed by atoms with Gasteiger partial charge in [0.05, 0.1) is 6.04 Å². The summed E-state index contributed by atoms with van der Waals surface area (Å²) in [7, 11) is 0. The molecular weight excluding hydrogens is 321 g/mol. The van der Waals surface area contributed by atoms with Gasteiger partial charge >= 0.3 is 6.18 Å². The molecule has 0 aromatic carbocycles. The van der Waals surface area contributed by atoms with E-state index in [1.165, 1.54) is 6.42 Å². The number of carbonyl (C=O) groups is 1. The molecule has 1 fully saturated rings. The number of nitrogens with zero attached hydrogens (tertiary/aromatic N) is 2. The number of H-pyrrole nitrogens is 1. The zero-order valence-electron chi connectivity index (χ0n) is 13.7. The monoisotopic (exact) mass is 344 g/mol. The Morgan fingerprint density at radius 3 is 2.71 bits per heavy atom. The van der Waals surface area contributed by atoms with Gasteiger partial charge in [-0.2, -0.15) is 18.3 Å². The smallest absolute Gasteiger partial charge is 0.352 e. The Balaban J connectivity index is 1.65. The molecule has 3 rings (SSSR count). The predicted molar refractivity (Wildman–Crippen MR) is 82.2 cm³/mol. The number of aromatic amines is 1. The molecule has 1 aliphatic carbocycles. The van der Waals surface area contributed by atoms with E-state index < -0.39 is 17.9 Å². The van der Waals surface area contributed by atoms with Crippen molar-refractivity contribution in [3.63, 3.8) is 0 Å². The van der Waals surface area contributed by atoms with Crippen LogP contribution in [-0.4, -0.2) is 39.6 Å². The molecule has 8 heteroatoms. The Labute approximate surface area is 139 Å². The number of carbonyl (C=O) groups excluding carboxylic acids is 1. The van der Waals surface area contributed by atoms with E-state index in [4.69, 9.17) is 0 Å². The average Bonchev–Trinajstić information content (AvgIpc) is 2.98. The van der Waals surface area contributed by atoms with Crippen LogP contribution in [0, 0.1) is 0 Å². The molecule has 1 aromatic rings. The Bertz CT molecular complexity index is 593. The SMILES string of the molecule is C[C@@H](C(=O)NC1CCCCC1)N1CCc2[nH]nc(C(F)(F)F)c2C1. The van der Waals surface area contributed by atoms with Gasteiger partial charge in [-0.25, -0.2) is 0 Å². The first-order valence-electron chi connectivity index (χ1n) is 8.54. The third-order valence-electron chi connectivity index (χ3n) is 5.11. The molecule has 134 valence electrons. The lowest BCUT2D eigenvalue weighted by Crippen LogP contribution is -2.50. The number of hydrogen-bond donors (Lipinski definition) is 2. The van der Waals surface area contributed by atoms with Crippen molar-refractivity contribution in [2.45, 2.75) is 70.3 Å². The summed E-state index contributed by atoms with van der Waals surface area (Å²) in [6.07, 6.45) is 1.40. The van der Waals surface area contributed by atoms with Crippen molar-refractivity contribution in [3.05, 3.63) is 17.0 Å². The van der Waals surface area contributed by atoms with Crippen molar-refractivity contribution in [2.24, 2.45) is 0 Å². The summed E-state index contributed by atoms with van der Waals surface area (Å²) in [5.41, 5.74) is -0.161. The van der Waals surface area contributed by atoms with Gasteiger partial charge in [-0.15, -0.1) is 0 Å². The second-order valence-corrected chi connectivity index (χ2v) is 6.77. The topological polar surface area (TPSA) is 61.0 Å². The Kier molecular flexibility index (Phi) is 4.85. The van der Waals surface area contributed by atoms with Crippen LogP contribution >= 0.6 is 0 Å². The molecule has 0 radical (unpaired) electrons. The highest BCUT2D eigenvalue weighted by Gasteiger charge is 2.40. The fourth-order valence-electron chi connectivity index (χ4n) is 3.62. The number of halogens is 3. The third kappa shape index (κ3) is 3.58. The minimum absolute atomic E-state index is 0.0950. The Morgan fingerprint density at radius 1 is 1.33 bits per heavy atom. The summed E-state index contributed by atoms with van der Waals surface area (Å²) in [6.45, 7) is 2.40. The highest BCUT2D eigenvalue weighted by Crippen LogP contribution is 2.34. The molecule has 1 aromatic heterocycles. The van der Waals surface area contributed by atoms with E-state index in [0.29, 0.717) is 18.7 Å². The van der Waals surface area contributed by atoms with Crippen LogP contribution < -0.4 is 5.32 Å². The largest absolute Gasteiger partial charge is 0.435 e. The van der Waals surface area contributed by atoms with Gasteiger partial charge in [0, 0.05) is 36.8 Å². The van der Waals surface area contributed by atoms with Gasteiger partial charge in [0.2, 0.25) is 5.91 Å². The van der Waals surface area contributed by atoms with Gasteiger partial charge in [-0.05, 0) is 19.8 Å². The van der Waals surface area contributed by atoms with Gasteiger partial charge in [0.1, 0.15) is 0 Å². The van der Waals surface area contributed by atoms with Crippen LogP contribution in [0.1, 0.15) is 56.0 Å². The molecule has 0 bridgehead atoms. The molecule has 0 unspecified atom stereocenters. The van der Waals surface area contributed by atoms with Crippen LogP contribution in [0.25, 0.3) is 0 Å². The lowest BCUT2D eigenvalue weighted by molar-refractivity contribution is -0.142. The summed E-state index contributed by atoms with van der Waals surface area (Å²) in [5.74, 6) is -0.0950. The number of aromatic nitrogens is 2. The molecule has 1 aliphatic heterocycles. The van der Waals surface area contributed by atoms with E-state index in [1.807, 2.05) is 0 Å². The summed E-state index contributed by atoms with van der Waals surface area (Å²) in [4.78, 5) is 14.2. The highest BCUT2D eigenvalue weighted by atomic mass is 19.4. The predicted octanol–water partition coefficient (Wildman–Crippen LogP) is 2.62. The molecule has 0 saturated heterocycles. The Morgan fingerprint density at radius 2 is 2.04 bits per heavy atom. The number of fused-ring (bicyclic) bond motifs is 1.